The number of nitrogens with two attached hydrogens (primary N) is 1. The molecule has 164 valence electrons. The van der Waals surface area contributed by atoms with Gasteiger partial charge in [-0.25, -0.2) is 0 Å². The van der Waals surface area contributed by atoms with E-state index in [1.807, 2.05) is 17.0 Å². The number of methoxy groups -OCH3 is 2. The second kappa shape index (κ2) is 8.55. The molecule has 0 spiro atoms. The Morgan fingerprint density at radius 1 is 1.16 bits per heavy atom. The lowest BCUT2D eigenvalue weighted by Crippen LogP contribution is -2.40. The zero-order valence-electron chi connectivity index (χ0n) is 18.1. The molecule has 0 saturated heterocycles. The molecule has 4 rings (SSSR count). The van der Waals surface area contributed by atoms with E-state index >= 15 is 0 Å². The quantitative estimate of drug-likeness (QED) is 0.486. The van der Waals surface area contributed by atoms with E-state index in [2.05, 4.69) is 46.2 Å². The molecule has 3 N–H and O–H groups in total. The molecule has 1 aliphatic rings. The van der Waals surface area contributed by atoms with Crippen molar-refractivity contribution in [1.82, 2.24) is 9.88 Å². The lowest BCUT2D eigenvalue weighted by Gasteiger charge is -2.27. The highest BCUT2D eigenvalue weighted by Crippen LogP contribution is 2.35. The van der Waals surface area contributed by atoms with E-state index in [-0.39, 0.29) is 11.4 Å². The zero-order valence-corrected chi connectivity index (χ0v) is 19.7. The summed E-state index contributed by atoms with van der Waals surface area (Å²) < 4.78 is 11.8. The summed E-state index contributed by atoms with van der Waals surface area (Å²) >= 11 is 3.55. The fourth-order valence-corrected chi connectivity index (χ4v) is 4.53. The number of aryl methyl sites for hydroxylation is 1. The number of H-pyrrole nitrogens is 1. The van der Waals surface area contributed by atoms with Gasteiger partial charge in [0.1, 0.15) is 0 Å². The number of fused-ring (bicyclic) bond motifs is 2. The Kier molecular flexibility index (Phi) is 5.99. The number of aromatic amines is 1. The van der Waals surface area contributed by atoms with Crippen LogP contribution in [-0.2, 0) is 13.0 Å². The minimum absolute atomic E-state index is 0.0215. The Hall–Kier alpha value is -2.51. The molecule has 0 fully saturated rings. The van der Waals surface area contributed by atoms with Crippen molar-refractivity contribution in [3.05, 3.63) is 57.7 Å². The van der Waals surface area contributed by atoms with Crippen LogP contribution in [-0.4, -0.2) is 42.1 Å². The van der Waals surface area contributed by atoms with E-state index in [4.69, 9.17) is 15.2 Å². The highest BCUT2D eigenvalue weighted by Gasteiger charge is 2.31. The lowest BCUT2D eigenvalue weighted by atomic mass is 9.91. The fraction of sp³-hybridized carbons (Fsp3) is 0.375. The Labute approximate surface area is 190 Å². The first-order chi connectivity index (χ1) is 14.8. The summed E-state index contributed by atoms with van der Waals surface area (Å²) in [6, 6.07) is 9.91. The number of hydrogen-bond acceptors (Lipinski definition) is 4. The number of carbonyl (C=O) groups excluding carboxylic acids is 1. The number of nitrogens with zero attached hydrogens (tertiary/aromatic N) is 1. The SMILES string of the molecule is COc1cc2c(cc1OC)C(=O)N(CCC(C)(N)CCc1c[nH]c3ccc(Br)cc13)C2. The molecule has 1 unspecified atom stereocenters. The van der Waals surface area contributed by atoms with Crippen molar-refractivity contribution in [2.24, 2.45) is 5.73 Å². The highest BCUT2D eigenvalue weighted by molar-refractivity contribution is 9.10. The van der Waals surface area contributed by atoms with Gasteiger partial charge in [-0.05, 0) is 67.6 Å². The van der Waals surface area contributed by atoms with Gasteiger partial charge < -0.3 is 25.1 Å². The largest absolute Gasteiger partial charge is 0.493 e. The van der Waals surface area contributed by atoms with Crippen molar-refractivity contribution >= 4 is 32.7 Å². The lowest BCUT2D eigenvalue weighted by molar-refractivity contribution is 0.0766. The standard InChI is InChI=1S/C24H28BrN3O3/c1-24(26,7-6-15-13-27-20-5-4-17(25)11-18(15)20)8-9-28-14-16-10-21(30-2)22(31-3)12-19(16)23(28)29/h4-5,10-13,27H,6-9,14,26H2,1-3H3. The third-order valence-corrected chi connectivity index (χ3v) is 6.63. The maximum atomic E-state index is 12.9. The van der Waals surface area contributed by atoms with E-state index in [0.717, 1.165) is 34.8 Å². The van der Waals surface area contributed by atoms with Crippen molar-refractivity contribution in [2.45, 2.75) is 38.3 Å². The number of aromatic nitrogens is 1. The summed E-state index contributed by atoms with van der Waals surface area (Å²) in [5.41, 5.74) is 10.3. The Morgan fingerprint density at radius 2 is 1.90 bits per heavy atom. The molecule has 0 aliphatic carbocycles. The third kappa shape index (κ3) is 4.43. The zero-order chi connectivity index (χ0) is 22.2. The van der Waals surface area contributed by atoms with Crippen molar-refractivity contribution in [2.75, 3.05) is 20.8 Å². The second-order valence-electron chi connectivity index (χ2n) is 8.50. The van der Waals surface area contributed by atoms with E-state index in [0.29, 0.717) is 30.2 Å². The molecule has 0 bridgehead atoms. The van der Waals surface area contributed by atoms with Gasteiger partial charge in [-0.3, -0.25) is 4.79 Å². The van der Waals surface area contributed by atoms with Gasteiger partial charge in [0.05, 0.1) is 14.2 Å². The molecule has 0 radical (unpaired) electrons. The first-order valence-electron chi connectivity index (χ1n) is 10.4. The van der Waals surface area contributed by atoms with Gasteiger partial charge in [-0.1, -0.05) is 15.9 Å². The molecule has 0 saturated carbocycles. The summed E-state index contributed by atoms with van der Waals surface area (Å²) in [6.45, 7) is 3.25. The molecule has 6 nitrogen and oxygen atoms in total. The number of nitrogens with one attached hydrogen (secondary N) is 1. The van der Waals surface area contributed by atoms with Crippen LogP contribution in [0.4, 0.5) is 0 Å². The Bertz CT molecular complexity index is 1120. The molecule has 31 heavy (non-hydrogen) atoms. The highest BCUT2D eigenvalue weighted by atomic mass is 79.9. The van der Waals surface area contributed by atoms with Gasteiger partial charge in [-0.2, -0.15) is 0 Å². The van der Waals surface area contributed by atoms with Crippen LogP contribution in [0.5, 0.6) is 11.5 Å². The molecule has 3 aromatic rings. The van der Waals surface area contributed by atoms with E-state index in [1.54, 1.807) is 20.3 Å². The predicted molar refractivity (Wildman–Crippen MR) is 126 cm³/mol. The van der Waals surface area contributed by atoms with Crippen molar-refractivity contribution in [1.29, 1.82) is 0 Å². The summed E-state index contributed by atoms with van der Waals surface area (Å²) in [5, 5.41) is 1.22. The molecule has 2 aromatic carbocycles. The van der Waals surface area contributed by atoms with E-state index in [9.17, 15) is 4.79 Å². The molecule has 1 aromatic heterocycles. The van der Waals surface area contributed by atoms with Crippen LogP contribution in [0, 0.1) is 0 Å². The smallest absolute Gasteiger partial charge is 0.254 e. The number of ether oxygens (including phenoxy) is 2. The fourth-order valence-electron chi connectivity index (χ4n) is 4.17. The summed E-state index contributed by atoms with van der Waals surface area (Å²) in [7, 11) is 3.18. The molecular weight excluding hydrogens is 458 g/mol. The summed E-state index contributed by atoms with van der Waals surface area (Å²) in [4.78, 5) is 18.1. The Morgan fingerprint density at radius 3 is 2.65 bits per heavy atom. The van der Waals surface area contributed by atoms with Crippen molar-refractivity contribution < 1.29 is 14.3 Å². The average molecular weight is 486 g/mol. The van der Waals surface area contributed by atoms with Gasteiger partial charge in [-0.15, -0.1) is 0 Å². The average Bonchev–Trinajstić information content (AvgIpc) is 3.30. The summed E-state index contributed by atoms with van der Waals surface area (Å²) in [6.07, 6.45) is 4.51. The van der Waals surface area contributed by atoms with Crippen LogP contribution in [0.3, 0.4) is 0 Å². The number of carbonyl (C=O) groups is 1. The maximum absolute atomic E-state index is 12.9. The van der Waals surface area contributed by atoms with Crippen molar-refractivity contribution in [3.8, 4) is 11.5 Å². The number of benzene rings is 2. The minimum atomic E-state index is -0.375. The van der Waals surface area contributed by atoms with Crippen LogP contribution >= 0.6 is 15.9 Å². The Balaban J connectivity index is 1.39. The molecule has 1 atom stereocenters. The van der Waals surface area contributed by atoms with Gasteiger partial charge in [0.15, 0.2) is 11.5 Å². The van der Waals surface area contributed by atoms with Gasteiger partial charge in [0, 0.05) is 45.8 Å². The van der Waals surface area contributed by atoms with Crippen LogP contribution in [0.1, 0.15) is 41.3 Å². The van der Waals surface area contributed by atoms with Crippen LogP contribution in [0.15, 0.2) is 41.0 Å². The van der Waals surface area contributed by atoms with Crippen LogP contribution in [0.2, 0.25) is 0 Å². The number of amides is 1. The molecular formula is C24H28BrN3O3. The minimum Gasteiger partial charge on any atom is -0.493 e. The third-order valence-electron chi connectivity index (χ3n) is 6.14. The molecule has 1 aliphatic heterocycles. The van der Waals surface area contributed by atoms with E-state index in [1.165, 1.54) is 10.9 Å². The molecule has 2 heterocycles. The van der Waals surface area contributed by atoms with Crippen molar-refractivity contribution in [3.63, 3.8) is 0 Å². The predicted octanol–water partition coefficient (Wildman–Crippen LogP) is 4.64. The number of rotatable bonds is 8. The van der Waals surface area contributed by atoms with Gasteiger partial charge >= 0.3 is 0 Å². The summed E-state index contributed by atoms with van der Waals surface area (Å²) in [5.74, 6) is 1.24. The van der Waals surface area contributed by atoms with Crippen LogP contribution < -0.4 is 15.2 Å². The topological polar surface area (TPSA) is 80.6 Å². The second-order valence-corrected chi connectivity index (χ2v) is 9.41. The number of hydrogen-bond donors (Lipinski definition) is 2. The first-order valence-corrected chi connectivity index (χ1v) is 11.2. The molecule has 1 amide bonds. The normalized spacial score (nSPS) is 15.3. The van der Waals surface area contributed by atoms with Crippen LogP contribution in [0.25, 0.3) is 10.9 Å². The molecule has 7 heteroatoms. The van der Waals surface area contributed by atoms with Gasteiger partial charge in [0.2, 0.25) is 0 Å². The number of halogens is 1. The van der Waals surface area contributed by atoms with E-state index < -0.39 is 0 Å². The first kappa shape index (κ1) is 21.7. The maximum Gasteiger partial charge on any atom is 0.254 e. The monoisotopic (exact) mass is 485 g/mol. The van der Waals surface area contributed by atoms with Gasteiger partial charge in [0.25, 0.3) is 5.91 Å².